The molecule has 1 saturated heterocycles. The summed E-state index contributed by atoms with van der Waals surface area (Å²) in [6, 6.07) is 19.0. The largest absolute Gasteiger partial charge is 0.497 e. The molecule has 3 rings (SSSR count). The molecule has 0 atom stereocenters. The second kappa shape index (κ2) is 8.67. The van der Waals surface area contributed by atoms with Crippen LogP contribution in [0.15, 0.2) is 60.7 Å². The summed E-state index contributed by atoms with van der Waals surface area (Å²) in [5.74, 6) is 0.960. The van der Waals surface area contributed by atoms with E-state index in [1.54, 1.807) is 16.9 Å². The van der Waals surface area contributed by atoms with E-state index in [-0.39, 0.29) is 0 Å². The summed E-state index contributed by atoms with van der Waals surface area (Å²) in [5.41, 5.74) is 2.66. The molecule has 1 fully saturated rings. The van der Waals surface area contributed by atoms with E-state index in [0.29, 0.717) is 0 Å². The molecule has 1 aliphatic heterocycles. The number of nitrogens with one attached hydrogen (secondary N) is 2. The Morgan fingerprint density at radius 3 is 2.42 bits per heavy atom. The van der Waals surface area contributed by atoms with Crippen molar-refractivity contribution in [3.8, 4) is 5.75 Å². The lowest BCUT2D eigenvalue weighted by Gasteiger charge is -2.29. The molecule has 0 radical (unpaired) electrons. The smallest absolute Gasteiger partial charge is 0.127 e. The molecular formula is C21H28N2O+2. The van der Waals surface area contributed by atoms with E-state index in [4.69, 9.17) is 4.74 Å². The summed E-state index contributed by atoms with van der Waals surface area (Å²) in [4.78, 5) is 3.37. The number of methoxy groups -OCH3 is 1. The summed E-state index contributed by atoms with van der Waals surface area (Å²) in [5, 5.41) is 0. The van der Waals surface area contributed by atoms with Crippen molar-refractivity contribution in [3.63, 3.8) is 0 Å². The normalized spacial score (nSPS) is 21.0. The number of piperazine rings is 1. The summed E-state index contributed by atoms with van der Waals surface area (Å²) in [6.45, 7) is 7.21. The lowest BCUT2D eigenvalue weighted by Crippen LogP contribution is -3.27. The maximum absolute atomic E-state index is 5.32. The van der Waals surface area contributed by atoms with Crippen LogP contribution in [0.2, 0.25) is 0 Å². The standard InChI is InChI=1S/C21H26N2O/c1-24-21-11-5-9-20(17-21)18-23-15-13-22(14-16-23)12-6-10-19-7-3-2-4-8-19/h2-11,17H,12-16,18H2,1H3/p+2/b10-6+. The molecule has 1 heterocycles. The summed E-state index contributed by atoms with van der Waals surface area (Å²) in [7, 11) is 1.73. The molecule has 0 unspecified atom stereocenters. The Morgan fingerprint density at radius 2 is 1.67 bits per heavy atom. The Hall–Kier alpha value is -2.10. The van der Waals surface area contributed by atoms with Crippen molar-refractivity contribution in [1.82, 2.24) is 0 Å². The molecule has 0 bridgehead atoms. The average molecular weight is 324 g/mol. The average Bonchev–Trinajstić information content (AvgIpc) is 2.64. The fourth-order valence-corrected chi connectivity index (χ4v) is 3.33. The van der Waals surface area contributed by atoms with Gasteiger partial charge < -0.3 is 14.5 Å². The topological polar surface area (TPSA) is 18.1 Å². The third-order valence-electron chi connectivity index (χ3n) is 4.77. The SMILES string of the molecule is COc1cccc(C[NH+]2CC[NH+](C/C=C/c3ccccc3)CC2)c1. The minimum absolute atomic E-state index is 0.960. The van der Waals surface area contributed by atoms with Crippen molar-refractivity contribution < 1.29 is 14.5 Å². The van der Waals surface area contributed by atoms with Crippen LogP contribution < -0.4 is 14.5 Å². The first-order valence-electron chi connectivity index (χ1n) is 8.85. The number of hydrogen-bond acceptors (Lipinski definition) is 1. The molecule has 2 aromatic rings. The van der Waals surface area contributed by atoms with Crippen LogP contribution in [0.5, 0.6) is 5.75 Å². The van der Waals surface area contributed by atoms with Crippen molar-refractivity contribution >= 4 is 6.08 Å². The second-order valence-corrected chi connectivity index (χ2v) is 6.55. The molecule has 24 heavy (non-hydrogen) atoms. The maximum atomic E-state index is 5.32. The van der Waals surface area contributed by atoms with Gasteiger partial charge in [-0.05, 0) is 23.8 Å². The minimum Gasteiger partial charge on any atom is -0.497 e. The Labute approximate surface area is 145 Å². The van der Waals surface area contributed by atoms with Gasteiger partial charge in [-0.25, -0.2) is 0 Å². The number of quaternary nitrogens is 2. The third kappa shape index (κ3) is 4.95. The van der Waals surface area contributed by atoms with Gasteiger partial charge in [0, 0.05) is 5.56 Å². The highest BCUT2D eigenvalue weighted by atomic mass is 16.5. The van der Waals surface area contributed by atoms with Crippen LogP contribution in [0.3, 0.4) is 0 Å². The van der Waals surface area contributed by atoms with Crippen molar-refractivity contribution in [2.24, 2.45) is 0 Å². The van der Waals surface area contributed by atoms with Crippen molar-refractivity contribution in [2.75, 3.05) is 39.8 Å². The fourth-order valence-electron chi connectivity index (χ4n) is 3.33. The summed E-state index contributed by atoms with van der Waals surface area (Å²) < 4.78 is 5.32. The van der Waals surface area contributed by atoms with Crippen LogP contribution in [0.1, 0.15) is 11.1 Å². The predicted molar refractivity (Wildman–Crippen MR) is 98.4 cm³/mol. The number of rotatable bonds is 6. The zero-order chi connectivity index (χ0) is 16.6. The molecule has 0 aliphatic carbocycles. The van der Waals surface area contributed by atoms with Gasteiger partial charge in [0.05, 0.1) is 13.7 Å². The number of benzene rings is 2. The third-order valence-corrected chi connectivity index (χ3v) is 4.77. The Kier molecular flexibility index (Phi) is 6.05. The van der Waals surface area contributed by atoms with Crippen molar-refractivity contribution in [1.29, 1.82) is 0 Å². The van der Waals surface area contributed by atoms with Crippen LogP contribution in [0.25, 0.3) is 6.08 Å². The zero-order valence-electron chi connectivity index (χ0n) is 14.5. The molecule has 0 aromatic heterocycles. The van der Waals surface area contributed by atoms with Gasteiger partial charge in [-0.1, -0.05) is 48.5 Å². The molecule has 1 aliphatic rings. The van der Waals surface area contributed by atoms with Gasteiger partial charge in [0.2, 0.25) is 0 Å². The van der Waals surface area contributed by atoms with Crippen LogP contribution in [-0.4, -0.2) is 39.8 Å². The van der Waals surface area contributed by atoms with Crippen LogP contribution in [0.4, 0.5) is 0 Å². The first-order valence-corrected chi connectivity index (χ1v) is 8.85. The highest BCUT2D eigenvalue weighted by Gasteiger charge is 2.22. The van der Waals surface area contributed by atoms with E-state index in [1.807, 2.05) is 6.07 Å². The van der Waals surface area contributed by atoms with E-state index in [1.165, 1.54) is 37.3 Å². The molecule has 126 valence electrons. The molecular weight excluding hydrogens is 296 g/mol. The molecule has 0 amide bonds. The Balaban J connectivity index is 1.43. The Morgan fingerprint density at radius 1 is 0.917 bits per heavy atom. The highest BCUT2D eigenvalue weighted by molar-refractivity contribution is 5.48. The van der Waals surface area contributed by atoms with Crippen LogP contribution >= 0.6 is 0 Å². The van der Waals surface area contributed by atoms with Gasteiger partial charge in [-0.3, -0.25) is 0 Å². The zero-order valence-corrected chi connectivity index (χ0v) is 14.5. The van der Waals surface area contributed by atoms with Gasteiger partial charge in [-0.2, -0.15) is 0 Å². The van der Waals surface area contributed by atoms with Gasteiger partial charge in [0.25, 0.3) is 0 Å². The molecule has 2 aromatic carbocycles. The molecule has 2 N–H and O–H groups in total. The number of hydrogen-bond donors (Lipinski definition) is 2. The second-order valence-electron chi connectivity index (χ2n) is 6.55. The summed E-state index contributed by atoms with van der Waals surface area (Å²) >= 11 is 0. The molecule has 0 saturated carbocycles. The van der Waals surface area contributed by atoms with Gasteiger partial charge in [0.1, 0.15) is 38.5 Å². The van der Waals surface area contributed by atoms with E-state index >= 15 is 0 Å². The predicted octanol–water partition coefficient (Wildman–Crippen LogP) is 0.692. The summed E-state index contributed by atoms with van der Waals surface area (Å²) in [6.07, 6.45) is 4.56. The molecule has 3 nitrogen and oxygen atoms in total. The monoisotopic (exact) mass is 324 g/mol. The lowest BCUT2D eigenvalue weighted by atomic mass is 10.2. The first-order chi connectivity index (χ1) is 11.8. The molecule has 0 spiro atoms. The van der Waals surface area contributed by atoms with E-state index in [0.717, 1.165) is 18.8 Å². The fraction of sp³-hybridized carbons (Fsp3) is 0.333. The molecule has 3 heteroatoms. The van der Waals surface area contributed by atoms with Crippen molar-refractivity contribution in [2.45, 2.75) is 6.54 Å². The first kappa shape index (κ1) is 16.7. The Bertz CT molecular complexity index is 646. The lowest BCUT2D eigenvalue weighted by molar-refractivity contribution is -1.02. The maximum Gasteiger partial charge on any atom is 0.127 e. The van der Waals surface area contributed by atoms with E-state index < -0.39 is 0 Å². The quantitative estimate of drug-likeness (QED) is 0.800. The van der Waals surface area contributed by atoms with Gasteiger partial charge in [0.15, 0.2) is 0 Å². The number of ether oxygens (including phenoxy) is 1. The van der Waals surface area contributed by atoms with Crippen LogP contribution in [0, 0.1) is 0 Å². The minimum atomic E-state index is 0.960. The van der Waals surface area contributed by atoms with E-state index in [2.05, 4.69) is 60.7 Å². The van der Waals surface area contributed by atoms with Crippen molar-refractivity contribution in [3.05, 3.63) is 71.8 Å². The highest BCUT2D eigenvalue weighted by Crippen LogP contribution is 2.11. The van der Waals surface area contributed by atoms with Gasteiger partial charge in [-0.15, -0.1) is 0 Å². The van der Waals surface area contributed by atoms with Crippen LogP contribution in [-0.2, 0) is 6.54 Å². The van der Waals surface area contributed by atoms with E-state index in [9.17, 15) is 0 Å². The van der Waals surface area contributed by atoms with Gasteiger partial charge >= 0.3 is 0 Å².